The Labute approximate surface area is 440 Å². The maximum Gasteiger partial charge on any atom is 0.417 e. The van der Waals surface area contributed by atoms with Crippen LogP contribution in [0.5, 0.6) is 0 Å². The van der Waals surface area contributed by atoms with E-state index in [-0.39, 0.29) is 45.8 Å². The number of carbonyl (C=O) groups is 2. The lowest BCUT2D eigenvalue weighted by Gasteiger charge is -2.17. The number of H-pyrrole nitrogens is 1. The molecule has 1 amide bonds. The average molecular weight is 1230 g/mol. The second kappa shape index (κ2) is 23.1. The van der Waals surface area contributed by atoms with Crippen LogP contribution in [0.2, 0.25) is 20.1 Å². The number of fused-ring (bicyclic) bond motifs is 2. The first kappa shape index (κ1) is 57.3. The molecule has 15 nitrogen and oxygen atoms in total. The third kappa shape index (κ3) is 13.5. The second-order valence-corrected chi connectivity index (χ2v) is 20.5. The number of carbonyl (C=O) groups excluding carboxylic acids is 2. The molecule has 0 radical (unpaired) electrons. The standard InChI is InChI=1S/C20H11Cl2F3N4O3S.C15H12Cl2F3N3O4S.C8H6IN.CH4/c21-10-7-16(29-33(31,32)11-1-2-15(22)14(8-11)20(23,24)25)17(28-9-10)18(30)12-3-5-26-19-13(12)4-6-27-19;1-23(27-2)14(24)13-12(5-8(16)7-21-13)22-28(25,26)9-3-4-11(17)10(6-9)15(18,19)20;9-7-4-5-10-8-3-1-2-6(7)8;/h1-9,29H,(H,26,27);3-7,22H,1-2H3;1-2,4-5H,3H2;1H4. The van der Waals surface area contributed by atoms with Gasteiger partial charge in [0, 0.05) is 64.5 Å². The molecule has 3 N–H and O–H groups in total. The van der Waals surface area contributed by atoms with Crippen LogP contribution in [0.1, 0.15) is 56.4 Å². The Bertz CT molecular complexity index is 3460. The monoisotopic (exact) mass is 1230 g/mol. The van der Waals surface area contributed by atoms with Crippen LogP contribution in [0.15, 0.2) is 114 Å². The quantitative estimate of drug-likeness (QED) is 0.0508. The summed E-state index contributed by atoms with van der Waals surface area (Å²) < 4.78 is 135. The van der Waals surface area contributed by atoms with Crippen molar-refractivity contribution in [3.8, 4) is 0 Å². The first-order chi connectivity index (χ1) is 33.2. The molecule has 5 heterocycles. The number of hydroxylamine groups is 2. The summed E-state index contributed by atoms with van der Waals surface area (Å²) in [5, 5.41) is -0.0822. The normalized spacial score (nSPS) is 12.1. The van der Waals surface area contributed by atoms with Gasteiger partial charge in [0.1, 0.15) is 11.3 Å². The van der Waals surface area contributed by atoms with E-state index in [9.17, 15) is 52.8 Å². The number of anilines is 2. The van der Waals surface area contributed by atoms with E-state index in [2.05, 4.69) is 64.4 Å². The van der Waals surface area contributed by atoms with Crippen LogP contribution >= 0.6 is 69.0 Å². The largest absolute Gasteiger partial charge is 0.417 e. The summed E-state index contributed by atoms with van der Waals surface area (Å²) in [5.74, 6) is -1.47. The Balaban J connectivity index is 0.000000223. The van der Waals surface area contributed by atoms with Crippen LogP contribution < -0.4 is 9.44 Å². The minimum Gasteiger partial charge on any atom is -0.346 e. The number of allylic oxidation sites excluding steroid dienone is 1. The Morgan fingerprint density at radius 3 is 1.76 bits per heavy atom. The number of nitrogens with zero attached hydrogens (tertiary/aromatic N) is 5. The van der Waals surface area contributed by atoms with Crippen molar-refractivity contribution in [2.45, 2.75) is 36.0 Å². The van der Waals surface area contributed by atoms with Crippen molar-refractivity contribution in [1.29, 1.82) is 0 Å². The van der Waals surface area contributed by atoms with Gasteiger partial charge in [-0.3, -0.25) is 28.9 Å². The van der Waals surface area contributed by atoms with E-state index in [1.807, 2.05) is 17.0 Å². The highest BCUT2D eigenvalue weighted by Crippen LogP contribution is 2.38. The number of nitrogens with one attached hydrogen (secondary N) is 3. The molecule has 0 fully saturated rings. The van der Waals surface area contributed by atoms with E-state index in [4.69, 9.17) is 51.2 Å². The van der Waals surface area contributed by atoms with Gasteiger partial charge < -0.3 is 4.98 Å². The van der Waals surface area contributed by atoms with Gasteiger partial charge in [-0.05, 0) is 89.3 Å². The number of benzene rings is 2. The fourth-order valence-electron chi connectivity index (χ4n) is 6.21. The number of hydrogen-bond acceptors (Lipinski definition) is 11. The number of amides is 1. The first-order valence-corrected chi connectivity index (χ1v) is 25.0. The van der Waals surface area contributed by atoms with Crippen molar-refractivity contribution in [3.05, 3.63) is 167 Å². The fourth-order valence-corrected chi connectivity index (χ4v) is 9.79. The van der Waals surface area contributed by atoms with E-state index in [1.165, 1.54) is 41.2 Å². The number of sulfonamides is 2. The molecule has 0 saturated heterocycles. The molecule has 8 rings (SSSR count). The molecule has 28 heteroatoms. The van der Waals surface area contributed by atoms with Crippen molar-refractivity contribution in [3.63, 3.8) is 0 Å². The van der Waals surface area contributed by atoms with Crippen molar-refractivity contribution in [2.75, 3.05) is 23.6 Å². The number of aromatic nitrogens is 5. The zero-order valence-electron chi connectivity index (χ0n) is 35.7. The molecule has 72 heavy (non-hydrogen) atoms. The Kier molecular flexibility index (Phi) is 18.4. The summed E-state index contributed by atoms with van der Waals surface area (Å²) in [5.41, 5.74) is -0.837. The Morgan fingerprint density at radius 2 is 1.25 bits per heavy atom. The van der Waals surface area contributed by atoms with Crippen molar-refractivity contribution in [2.24, 2.45) is 0 Å². The third-order valence-corrected chi connectivity index (χ3v) is 14.3. The van der Waals surface area contributed by atoms with Crippen LogP contribution in [-0.2, 0) is 43.7 Å². The SMILES string of the molecule is C.CON(C)C(=O)c1ncc(Cl)cc1NS(=O)(=O)c1ccc(Cl)c(C(F)(F)F)c1.Ic1ccnc2c1C=CC2.O=C(c1ncc(Cl)cc1NS(=O)(=O)c1ccc(Cl)c(C(F)(F)F)c1)c1ccnc2[nH]ccc12. The molecule has 1 aliphatic carbocycles. The molecule has 1 aliphatic rings. The number of rotatable bonds is 10. The van der Waals surface area contributed by atoms with Crippen molar-refractivity contribution < 1.29 is 57.6 Å². The molecular formula is C44H33Cl4F6IN8O7S2. The van der Waals surface area contributed by atoms with Crippen LogP contribution in [0, 0.1) is 3.57 Å². The lowest BCUT2D eigenvalue weighted by atomic mass is 10.0. The topological polar surface area (TPSA) is 206 Å². The zero-order valence-corrected chi connectivity index (χ0v) is 42.5. The van der Waals surface area contributed by atoms with Crippen molar-refractivity contribution in [1.82, 2.24) is 30.0 Å². The molecule has 0 atom stereocenters. The maximum atomic E-state index is 13.2. The Morgan fingerprint density at radius 1 is 0.736 bits per heavy atom. The van der Waals surface area contributed by atoms with Crippen LogP contribution in [0.4, 0.5) is 37.7 Å². The van der Waals surface area contributed by atoms with Gasteiger partial charge in [0.15, 0.2) is 5.69 Å². The molecule has 380 valence electrons. The Hall–Kier alpha value is -5.61. The molecule has 0 saturated carbocycles. The zero-order chi connectivity index (χ0) is 52.2. The second-order valence-electron chi connectivity index (χ2n) is 14.3. The van der Waals surface area contributed by atoms with Crippen molar-refractivity contribution >= 4 is 129 Å². The molecule has 5 aromatic heterocycles. The maximum absolute atomic E-state index is 13.2. The van der Waals surface area contributed by atoms with Gasteiger partial charge in [0.2, 0.25) is 5.78 Å². The fraction of sp³-hybridized carbons (Fsp3) is 0.136. The van der Waals surface area contributed by atoms with Gasteiger partial charge in [0.05, 0.1) is 65.2 Å². The minimum absolute atomic E-state index is 0. The summed E-state index contributed by atoms with van der Waals surface area (Å²) in [6, 6.07) is 11.5. The van der Waals surface area contributed by atoms with E-state index in [1.54, 1.807) is 12.3 Å². The molecular weight excluding hydrogens is 1200 g/mol. The smallest absolute Gasteiger partial charge is 0.346 e. The summed E-state index contributed by atoms with van der Waals surface area (Å²) in [7, 11) is -6.66. The molecule has 7 aromatic rings. The predicted molar refractivity (Wildman–Crippen MR) is 268 cm³/mol. The summed E-state index contributed by atoms with van der Waals surface area (Å²) in [6.45, 7) is 0. The highest BCUT2D eigenvalue weighted by Gasteiger charge is 2.36. The van der Waals surface area contributed by atoms with Gasteiger partial charge in [-0.1, -0.05) is 66.0 Å². The predicted octanol–water partition coefficient (Wildman–Crippen LogP) is 12.0. The summed E-state index contributed by atoms with van der Waals surface area (Å²) in [6.07, 6.45) is 2.65. The molecule has 2 aromatic carbocycles. The van der Waals surface area contributed by atoms with Gasteiger partial charge in [-0.2, -0.15) is 26.3 Å². The molecule has 0 unspecified atom stereocenters. The number of halogens is 11. The van der Waals surface area contributed by atoms with Crippen LogP contribution in [0.25, 0.3) is 17.1 Å². The molecule has 0 bridgehead atoms. The first-order valence-electron chi connectivity index (χ1n) is 19.4. The number of pyridine rings is 4. The lowest BCUT2D eigenvalue weighted by Crippen LogP contribution is -2.28. The number of hydrogen-bond donors (Lipinski definition) is 3. The van der Waals surface area contributed by atoms with Crippen LogP contribution in [0.3, 0.4) is 0 Å². The number of ketones is 1. The van der Waals surface area contributed by atoms with Gasteiger partial charge in [-0.25, -0.2) is 36.9 Å². The molecule has 0 aliphatic heterocycles. The van der Waals surface area contributed by atoms with Gasteiger partial charge >= 0.3 is 12.4 Å². The average Bonchev–Trinajstić information content (AvgIpc) is 3.99. The highest BCUT2D eigenvalue weighted by atomic mass is 127. The molecule has 0 spiro atoms. The third-order valence-electron chi connectivity index (χ3n) is 9.60. The van der Waals surface area contributed by atoms with E-state index >= 15 is 0 Å². The lowest BCUT2D eigenvalue weighted by molar-refractivity contribution is -0.138. The summed E-state index contributed by atoms with van der Waals surface area (Å²) >= 11 is 25.1. The van der Waals surface area contributed by atoms with Gasteiger partial charge in [-0.15, -0.1) is 0 Å². The van der Waals surface area contributed by atoms with E-state index < -0.39 is 75.1 Å². The van der Waals surface area contributed by atoms with E-state index in [0.717, 1.165) is 60.3 Å². The summed E-state index contributed by atoms with van der Waals surface area (Å²) in [4.78, 5) is 47.7. The van der Waals surface area contributed by atoms with E-state index in [0.29, 0.717) is 23.2 Å². The van der Waals surface area contributed by atoms with Gasteiger partial charge in [0.25, 0.3) is 26.0 Å². The number of aromatic amines is 1. The van der Waals surface area contributed by atoms with Crippen LogP contribution in [-0.4, -0.2) is 72.7 Å². The number of alkyl halides is 6. The minimum atomic E-state index is -4.87. The highest BCUT2D eigenvalue weighted by molar-refractivity contribution is 14.1.